The van der Waals surface area contributed by atoms with Crippen LogP contribution < -0.4 is 10.6 Å². The van der Waals surface area contributed by atoms with Gasteiger partial charge in [0.05, 0.1) is 24.8 Å². The number of aliphatic hydroxyl groups excluding tert-OH is 2. The molecule has 6 rings (SSSR count). The number of nitrogens with zero attached hydrogens (tertiary/aromatic N) is 3. The molecule has 1 aromatic rings. The second-order valence-electron chi connectivity index (χ2n) is 13.0. The quantitative estimate of drug-likeness (QED) is 0.291. The average molecular weight is 613 g/mol. The van der Waals surface area contributed by atoms with Crippen LogP contribution in [0.1, 0.15) is 40.7 Å². The Morgan fingerprint density at radius 1 is 1.09 bits per heavy atom. The van der Waals surface area contributed by atoms with Gasteiger partial charge in [-0.3, -0.25) is 24.2 Å². The zero-order chi connectivity index (χ0) is 31.9. The van der Waals surface area contributed by atoms with Gasteiger partial charge in [0.15, 0.2) is 17.2 Å². The number of hydrogen-bond acceptors (Lipinski definition) is 12. The van der Waals surface area contributed by atoms with Crippen LogP contribution in [0.2, 0.25) is 0 Å². The Morgan fingerprint density at radius 2 is 1.73 bits per heavy atom. The second-order valence-corrected chi connectivity index (χ2v) is 13.0. The predicted octanol–water partition coefficient (Wildman–Crippen LogP) is 0.526. The van der Waals surface area contributed by atoms with E-state index in [9.17, 15) is 34.8 Å². The molecule has 0 aromatic heterocycles. The molecule has 238 valence electrons. The first-order valence-electron chi connectivity index (χ1n) is 14.9. The van der Waals surface area contributed by atoms with Gasteiger partial charge < -0.3 is 40.5 Å². The minimum atomic E-state index is -2.67. The summed E-state index contributed by atoms with van der Waals surface area (Å²) in [5, 5.41) is 46.0. The van der Waals surface area contributed by atoms with E-state index in [0.29, 0.717) is 56.8 Å². The smallest absolute Gasteiger partial charge is 0.255 e. The summed E-state index contributed by atoms with van der Waals surface area (Å²) in [6, 6.07) is 0.843. The van der Waals surface area contributed by atoms with Crippen molar-refractivity contribution in [3.05, 3.63) is 45.4 Å². The Morgan fingerprint density at radius 3 is 2.30 bits per heavy atom. The van der Waals surface area contributed by atoms with Gasteiger partial charge in [-0.25, -0.2) is 0 Å². The first-order valence-corrected chi connectivity index (χ1v) is 14.9. The fourth-order valence-corrected chi connectivity index (χ4v) is 7.95. The summed E-state index contributed by atoms with van der Waals surface area (Å²) in [6.07, 6.45) is 1.64. The van der Waals surface area contributed by atoms with E-state index in [1.807, 2.05) is 25.1 Å². The number of ketones is 2. The number of aliphatic hydroxyl groups is 3. The van der Waals surface area contributed by atoms with Crippen molar-refractivity contribution < 1.29 is 44.3 Å². The van der Waals surface area contributed by atoms with Crippen LogP contribution >= 0.6 is 0 Å². The molecule has 13 heteroatoms. The Hall–Kier alpha value is -3.49. The lowest BCUT2D eigenvalue weighted by atomic mass is 9.58. The largest absolute Gasteiger partial charge is 0.510 e. The van der Waals surface area contributed by atoms with Crippen molar-refractivity contribution in [2.24, 2.45) is 17.6 Å². The van der Waals surface area contributed by atoms with Crippen LogP contribution in [0.4, 0.5) is 5.69 Å². The number of phenols is 1. The number of rotatable bonds is 5. The number of allylic oxidation sites excluding steroid dienone is 1. The predicted molar refractivity (Wildman–Crippen MR) is 157 cm³/mol. The molecule has 1 spiro atoms. The molecule has 2 aliphatic heterocycles. The molecule has 1 aromatic carbocycles. The SMILES string of the molecule is CN(C)c1cc(CN2CCC3(CC2)OCCO3)c(O)c2c1C[C@H]1C[C@H]3[C@H](N(C)C)C(O)=C(C(N)=O)C(=O)[C@@]3(O)C(O)=C1C2=O. The van der Waals surface area contributed by atoms with Crippen LogP contribution in [0, 0.1) is 11.8 Å². The number of hydrogen-bond donors (Lipinski definition) is 5. The van der Waals surface area contributed by atoms with Crippen molar-refractivity contribution in [3.63, 3.8) is 0 Å². The topological polar surface area (TPSA) is 186 Å². The van der Waals surface area contributed by atoms with Gasteiger partial charge in [0, 0.05) is 69.3 Å². The standard InChI is InChI=1S/C31H40N4O9/c1-33(2)19-13-16(14-35-7-5-30(6-8-35)43-9-10-44-30)24(36)21-17(19)11-15-12-18-23(34(3)4)26(38)22(29(32)41)28(40)31(18,42)27(39)20(15)25(21)37/h13,15,18,23,36,38-39,42H,5-12,14H2,1-4H3,(H2,32,41)/t15-,18-,23-,31-/m0/s1. The van der Waals surface area contributed by atoms with Crippen molar-refractivity contribution >= 4 is 23.2 Å². The normalized spacial score (nSPS) is 30.1. The zero-order valence-corrected chi connectivity index (χ0v) is 25.4. The lowest BCUT2D eigenvalue weighted by Gasteiger charge is -2.50. The molecular formula is C31H40N4O9. The molecule has 0 bridgehead atoms. The number of anilines is 1. The summed E-state index contributed by atoms with van der Waals surface area (Å²) < 4.78 is 11.7. The molecule has 5 aliphatic rings. The van der Waals surface area contributed by atoms with E-state index < -0.39 is 63.8 Å². The van der Waals surface area contributed by atoms with E-state index in [1.54, 1.807) is 14.1 Å². The molecule has 2 fully saturated rings. The summed E-state index contributed by atoms with van der Waals surface area (Å²) in [7, 11) is 6.90. The summed E-state index contributed by atoms with van der Waals surface area (Å²) >= 11 is 0. The molecule has 0 saturated carbocycles. The van der Waals surface area contributed by atoms with E-state index in [0.717, 1.165) is 5.69 Å². The highest BCUT2D eigenvalue weighted by Crippen LogP contribution is 2.53. The number of amides is 1. The highest BCUT2D eigenvalue weighted by molar-refractivity contribution is 6.25. The molecule has 13 nitrogen and oxygen atoms in total. The molecule has 2 heterocycles. The Kier molecular flexibility index (Phi) is 7.32. The first kappa shape index (κ1) is 30.5. The van der Waals surface area contributed by atoms with Gasteiger partial charge in [-0.15, -0.1) is 0 Å². The number of likely N-dealkylation sites (N-methyl/N-ethyl adjacent to an activating group) is 1. The number of carbonyl (C=O) groups excluding carboxylic acids is 3. The number of carbonyl (C=O) groups is 3. The third-order valence-corrected chi connectivity index (χ3v) is 10.1. The number of ether oxygens (including phenoxy) is 2. The Labute approximate surface area is 255 Å². The van der Waals surface area contributed by atoms with E-state index in [2.05, 4.69) is 4.90 Å². The summed E-state index contributed by atoms with van der Waals surface area (Å²) in [4.78, 5) is 45.6. The number of fused-ring (bicyclic) bond motifs is 3. The number of phenolic OH excluding ortho intramolecular Hbond substituents is 1. The fourth-order valence-electron chi connectivity index (χ4n) is 7.95. The maximum Gasteiger partial charge on any atom is 0.255 e. The van der Waals surface area contributed by atoms with Crippen molar-refractivity contribution in [1.82, 2.24) is 9.80 Å². The number of aromatic hydroxyl groups is 1. The van der Waals surface area contributed by atoms with Gasteiger partial charge in [-0.05, 0) is 44.5 Å². The number of likely N-dealkylation sites (tertiary alicyclic amines) is 1. The van der Waals surface area contributed by atoms with Crippen LogP contribution in [0.15, 0.2) is 28.7 Å². The number of Topliss-reactive ketones (excluding diaryl/α,β-unsaturated/α-hetero) is 2. The molecule has 0 unspecified atom stereocenters. The molecule has 44 heavy (non-hydrogen) atoms. The monoisotopic (exact) mass is 612 g/mol. The zero-order valence-electron chi connectivity index (χ0n) is 25.4. The van der Waals surface area contributed by atoms with Crippen LogP contribution in [0.3, 0.4) is 0 Å². The lowest BCUT2D eigenvalue weighted by Crippen LogP contribution is -2.63. The van der Waals surface area contributed by atoms with Gasteiger partial charge in [-0.1, -0.05) is 0 Å². The van der Waals surface area contributed by atoms with Crippen LogP contribution in [-0.4, -0.2) is 120 Å². The van der Waals surface area contributed by atoms with E-state index in [4.69, 9.17) is 15.2 Å². The van der Waals surface area contributed by atoms with Gasteiger partial charge >= 0.3 is 0 Å². The third-order valence-electron chi connectivity index (χ3n) is 10.1. The fraction of sp³-hybridized carbons (Fsp3) is 0.581. The molecule has 3 aliphatic carbocycles. The van der Waals surface area contributed by atoms with Gasteiger partial charge in [0.2, 0.25) is 5.78 Å². The lowest BCUT2D eigenvalue weighted by molar-refractivity contribution is -0.185. The van der Waals surface area contributed by atoms with Crippen LogP contribution in [0.25, 0.3) is 0 Å². The Bertz CT molecular complexity index is 1500. The molecule has 2 saturated heterocycles. The highest BCUT2D eigenvalue weighted by Gasteiger charge is 2.63. The maximum atomic E-state index is 14.3. The Balaban J connectivity index is 1.42. The van der Waals surface area contributed by atoms with Crippen molar-refractivity contribution in [2.45, 2.75) is 49.7 Å². The third kappa shape index (κ3) is 4.36. The van der Waals surface area contributed by atoms with Crippen LogP contribution in [-0.2, 0) is 32.0 Å². The molecule has 4 atom stereocenters. The van der Waals surface area contributed by atoms with Crippen molar-refractivity contribution in [3.8, 4) is 5.75 Å². The number of benzene rings is 1. The van der Waals surface area contributed by atoms with Crippen molar-refractivity contribution in [2.75, 3.05) is 59.4 Å². The van der Waals surface area contributed by atoms with E-state index >= 15 is 0 Å². The molecule has 6 N–H and O–H groups in total. The number of primary amides is 1. The van der Waals surface area contributed by atoms with Gasteiger partial charge in [0.25, 0.3) is 5.91 Å². The molecule has 0 radical (unpaired) electrons. The van der Waals surface area contributed by atoms with E-state index in [1.165, 1.54) is 4.90 Å². The maximum absolute atomic E-state index is 14.3. The summed E-state index contributed by atoms with van der Waals surface area (Å²) in [6.45, 7) is 2.84. The second kappa shape index (κ2) is 10.6. The minimum absolute atomic E-state index is 0.0166. The van der Waals surface area contributed by atoms with Gasteiger partial charge in [-0.2, -0.15) is 0 Å². The van der Waals surface area contributed by atoms with E-state index in [-0.39, 0.29) is 29.7 Å². The van der Waals surface area contributed by atoms with Crippen LogP contribution in [0.5, 0.6) is 5.75 Å². The highest BCUT2D eigenvalue weighted by atomic mass is 16.7. The summed E-state index contributed by atoms with van der Waals surface area (Å²) in [5.74, 6) is -7.13. The van der Waals surface area contributed by atoms with Gasteiger partial charge in [0.1, 0.15) is 22.8 Å². The summed E-state index contributed by atoms with van der Waals surface area (Å²) in [5.41, 5.74) is 3.64. The minimum Gasteiger partial charge on any atom is -0.510 e. The molecule has 1 amide bonds. The average Bonchev–Trinajstić information content (AvgIpc) is 3.40. The van der Waals surface area contributed by atoms with Crippen molar-refractivity contribution in [1.29, 1.82) is 0 Å². The number of nitrogens with two attached hydrogens (primary N) is 1. The number of piperidine rings is 1. The molecular weight excluding hydrogens is 572 g/mol. The first-order chi connectivity index (χ1) is 20.7.